The average Bonchev–Trinajstić information content (AvgIpc) is 2.59. The van der Waals surface area contributed by atoms with Gasteiger partial charge in [-0.1, -0.05) is 12.1 Å². The SMILES string of the molecule is COC(=O)c1cccc(-c2nccc(NC(=O)OC(C)(C)C)c2C=O)c1C. The minimum Gasteiger partial charge on any atom is -0.465 e. The number of esters is 1. The van der Waals surface area contributed by atoms with Gasteiger partial charge in [0.25, 0.3) is 0 Å². The van der Waals surface area contributed by atoms with Crippen molar-refractivity contribution < 1.29 is 23.9 Å². The van der Waals surface area contributed by atoms with E-state index in [4.69, 9.17) is 9.47 Å². The monoisotopic (exact) mass is 370 g/mol. The molecule has 2 rings (SSSR count). The second-order valence-corrected chi connectivity index (χ2v) is 6.84. The van der Waals surface area contributed by atoms with E-state index in [2.05, 4.69) is 10.3 Å². The molecule has 0 fully saturated rings. The second kappa shape index (κ2) is 7.99. The summed E-state index contributed by atoms with van der Waals surface area (Å²) in [5, 5.41) is 2.57. The zero-order chi connectivity index (χ0) is 20.2. The highest BCUT2D eigenvalue weighted by molar-refractivity contribution is 6.00. The fourth-order valence-electron chi connectivity index (χ4n) is 2.55. The zero-order valence-corrected chi connectivity index (χ0v) is 16.0. The minimum absolute atomic E-state index is 0.188. The van der Waals surface area contributed by atoms with Crippen LogP contribution in [0.3, 0.4) is 0 Å². The summed E-state index contributed by atoms with van der Waals surface area (Å²) >= 11 is 0. The molecular formula is C20H22N2O5. The Labute approximate surface area is 157 Å². The summed E-state index contributed by atoms with van der Waals surface area (Å²) in [7, 11) is 1.30. The quantitative estimate of drug-likeness (QED) is 0.646. The molecule has 0 aliphatic heterocycles. The molecule has 0 spiro atoms. The maximum Gasteiger partial charge on any atom is 0.412 e. The summed E-state index contributed by atoms with van der Waals surface area (Å²) in [6.45, 7) is 6.97. The van der Waals surface area contributed by atoms with Crippen LogP contribution < -0.4 is 5.32 Å². The van der Waals surface area contributed by atoms with E-state index in [-0.39, 0.29) is 11.3 Å². The number of rotatable bonds is 4. The van der Waals surface area contributed by atoms with Crippen molar-refractivity contribution in [3.05, 3.63) is 47.2 Å². The molecule has 0 saturated carbocycles. The number of carbonyl (C=O) groups is 3. The summed E-state index contributed by atoms with van der Waals surface area (Å²) < 4.78 is 10.0. The summed E-state index contributed by atoms with van der Waals surface area (Å²) in [4.78, 5) is 40.0. The van der Waals surface area contributed by atoms with E-state index < -0.39 is 17.7 Å². The van der Waals surface area contributed by atoms with E-state index in [0.29, 0.717) is 28.7 Å². The van der Waals surface area contributed by atoms with Gasteiger partial charge in [0.2, 0.25) is 0 Å². The Morgan fingerprint density at radius 1 is 1.19 bits per heavy atom. The van der Waals surface area contributed by atoms with Crippen LogP contribution in [-0.2, 0) is 9.47 Å². The number of carbonyl (C=O) groups excluding carboxylic acids is 3. The number of hydrogen-bond acceptors (Lipinski definition) is 6. The first-order valence-corrected chi connectivity index (χ1v) is 8.30. The lowest BCUT2D eigenvalue weighted by Gasteiger charge is -2.20. The molecule has 1 N–H and O–H groups in total. The maximum absolute atomic E-state index is 12.1. The molecule has 0 unspecified atom stereocenters. The molecule has 7 nitrogen and oxygen atoms in total. The molecule has 27 heavy (non-hydrogen) atoms. The highest BCUT2D eigenvalue weighted by atomic mass is 16.6. The first-order chi connectivity index (χ1) is 12.7. The molecule has 1 aromatic carbocycles. The lowest BCUT2D eigenvalue weighted by atomic mass is 9.96. The van der Waals surface area contributed by atoms with Crippen molar-refractivity contribution in [2.45, 2.75) is 33.3 Å². The van der Waals surface area contributed by atoms with Crippen LogP contribution in [0.15, 0.2) is 30.5 Å². The maximum atomic E-state index is 12.1. The molecule has 0 radical (unpaired) electrons. The van der Waals surface area contributed by atoms with E-state index in [0.717, 1.165) is 0 Å². The van der Waals surface area contributed by atoms with Crippen molar-refractivity contribution in [2.75, 3.05) is 12.4 Å². The molecule has 7 heteroatoms. The van der Waals surface area contributed by atoms with Gasteiger partial charge in [0, 0.05) is 11.8 Å². The van der Waals surface area contributed by atoms with Gasteiger partial charge in [0.1, 0.15) is 5.60 Å². The van der Waals surface area contributed by atoms with Crippen LogP contribution in [0.25, 0.3) is 11.3 Å². The Balaban J connectivity index is 2.50. The summed E-state index contributed by atoms with van der Waals surface area (Å²) in [6, 6.07) is 6.57. The molecule has 0 saturated heterocycles. The van der Waals surface area contributed by atoms with Crippen LogP contribution in [0.2, 0.25) is 0 Å². The van der Waals surface area contributed by atoms with E-state index in [9.17, 15) is 14.4 Å². The van der Waals surface area contributed by atoms with Crippen molar-refractivity contribution >= 4 is 24.0 Å². The molecule has 2 aromatic rings. The van der Waals surface area contributed by atoms with Gasteiger partial charge in [-0.25, -0.2) is 9.59 Å². The molecule has 142 valence electrons. The van der Waals surface area contributed by atoms with Crippen molar-refractivity contribution in [3.8, 4) is 11.3 Å². The van der Waals surface area contributed by atoms with Crippen LogP contribution in [0.5, 0.6) is 0 Å². The van der Waals surface area contributed by atoms with Gasteiger partial charge < -0.3 is 9.47 Å². The highest BCUT2D eigenvalue weighted by Crippen LogP contribution is 2.30. The Hall–Kier alpha value is -3.22. The van der Waals surface area contributed by atoms with Crippen LogP contribution in [0.4, 0.5) is 10.5 Å². The molecule has 0 aliphatic rings. The topological polar surface area (TPSA) is 94.6 Å². The molecular weight excluding hydrogens is 348 g/mol. The van der Waals surface area contributed by atoms with Crippen LogP contribution >= 0.6 is 0 Å². The number of hydrogen-bond donors (Lipinski definition) is 1. The summed E-state index contributed by atoms with van der Waals surface area (Å²) in [5.74, 6) is -0.481. The van der Waals surface area contributed by atoms with Crippen LogP contribution in [0, 0.1) is 6.92 Å². The number of nitrogens with one attached hydrogen (secondary N) is 1. The smallest absolute Gasteiger partial charge is 0.412 e. The molecule has 1 aromatic heterocycles. The van der Waals surface area contributed by atoms with Crippen molar-refractivity contribution in [3.63, 3.8) is 0 Å². The lowest BCUT2D eigenvalue weighted by Crippen LogP contribution is -2.27. The zero-order valence-electron chi connectivity index (χ0n) is 16.0. The first kappa shape index (κ1) is 20.1. The van der Waals surface area contributed by atoms with E-state index in [1.807, 2.05) is 0 Å². The molecule has 0 aliphatic carbocycles. The Morgan fingerprint density at radius 3 is 2.48 bits per heavy atom. The van der Waals surface area contributed by atoms with Crippen molar-refractivity contribution in [2.24, 2.45) is 0 Å². The van der Waals surface area contributed by atoms with Gasteiger partial charge in [0.15, 0.2) is 6.29 Å². The van der Waals surface area contributed by atoms with E-state index >= 15 is 0 Å². The van der Waals surface area contributed by atoms with Gasteiger partial charge in [-0.3, -0.25) is 15.1 Å². The molecule has 0 bridgehead atoms. The Kier molecular flexibility index (Phi) is 5.95. The number of anilines is 1. The van der Waals surface area contributed by atoms with Gasteiger partial charge in [0.05, 0.1) is 29.6 Å². The number of amides is 1. The average molecular weight is 370 g/mol. The van der Waals surface area contributed by atoms with Gasteiger partial charge >= 0.3 is 12.1 Å². The minimum atomic E-state index is -0.678. The second-order valence-electron chi connectivity index (χ2n) is 6.84. The van der Waals surface area contributed by atoms with Crippen LogP contribution in [0.1, 0.15) is 47.1 Å². The van der Waals surface area contributed by atoms with Gasteiger partial charge in [-0.15, -0.1) is 0 Å². The summed E-state index contributed by atoms with van der Waals surface area (Å²) in [5.41, 5.74) is 1.72. The van der Waals surface area contributed by atoms with Crippen LogP contribution in [-0.4, -0.2) is 36.0 Å². The number of pyridine rings is 1. The standard InChI is InChI=1S/C20H22N2O5/c1-12-13(7-6-8-14(12)18(24)26-5)17-15(11-23)16(9-10-21-17)22-19(25)27-20(2,3)4/h6-11H,1-5H3,(H,21,22,25). The lowest BCUT2D eigenvalue weighted by molar-refractivity contribution is 0.0597. The number of nitrogens with zero attached hydrogens (tertiary/aromatic N) is 1. The third-order valence-electron chi connectivity index (χ3n) is 3.74. The predicted octanol–water partition coefficient (Wildman–Crippen LogP) is 4.00. The Morgan fingerprint density at radius 2 is 1.89 bits per heavy atom. The Bertz CT molecular complexity index is 884. The van der Waals surface area contributed by atoms with Gasteiger partial charge in [-0.05, 0) is 45.4 Å². The van der Waals surface area contributed by atoms with Crippen molar-refractivity contribution in [1.29, 1.82) is 0 Å². The first-order valence-electron chi connectivity index (χ1n) is 8.30. The molecule has 0 atom stereocenters. The molecule has 1 heterocycles. The number of aromatic nitrogens is 1. The number of ether oxygens (including phenoxy) is 2. The van der Waals surface area contributed by atoms with Crippen molar-refractivity contribution in [1.82, 2.24) is 4.98 Å². The van der Waals surface area contributed by atoms with E-state index in [1.165, 1.54) is 19.4 Å². The third-order valence-corrected chi connectivity index (χ3v) is 3.74. The number of benzene rings is 1. The summed E-state index contributed by atoms with van der Waals surface area (Å²) in [6.07, 6.45) is 1.40. The number of aldehydes is 1. The van der Waals surface area contributed by atoms with Gasteiger partial charge in [-0.2, -0.15) is 0 Å². The fraction of sp³-hybridized carbons (Fsp3) is 0.300. The van der Waals surface area contributed by atoms with E-state index in [1.54, 1.807) is 45.9 Å². The molecule has 1 amide bonds. The predicted molar refractivity (Wildman–Crippen MR) is 101 cm³/mol. The third kappa shape index (κ3) is 4.69. The largest absolute Gasteiger partial charge is 0.465 e. The number of methoxy groups -OCH3 is 1. The normalized spacial score (nSPS) is 10.9. The highest BCUT2D eigenvalue weighted by Gasteiger charge is 2.20. The fourth-order valence-corrected chi connectivity index (χ4v) is 2.55.